The highest BCUT2D eigenvalue weighted by molar-refractivity contribution is 5.99. The number of phenolic OH excluding ortho intramolecular Hbond substituents is 3. The second-order valence-corrected chi connectivity index (χ2v) is 20.6. The van der Waals surface area contributed by atoms with Gasteiger partial charge in [-0.3, -0.25) is 9.59 Å². The SMILES string of the molecule is COc1cc2c(cc1O)C1CC(O)C3Cc4cc(O)c(OC)cc4C4CC(OC(=O)C5(c6ccc7cc(O)cc(-c8ccccc8)c7c6)CCCC5)CC(OC(C)=O)C(C2)C1(C=Cc1ccccc1)C43. The van der Waals surface area contributed by atoms with E-state index in [1.165, 1.54) is 21.1 Å². The molecule has 70 heavy (non-hydrogen) atoms. The summed E-state index contributed by atoms with van der Waals surface area (Å²) in [5, 5.41) is 48.0. The Morgan fingerprint density at radius 3 is 2.14 bits per heavy atom. The highest BCUT2D eigenvalue weighted by Crippen LogP contribution is 2.70. The molecule has 6 aromatic carbocycles. The molecule has 3 fully saturated rings. The summed E-state index contributed by atoms with van der Waals surface area (Å²) >= 11 is 0. The fourth-order valence-corrected chi connectivity index (χ4v) is 14.2. The van der Waals surface area contributed by atoms with E-state index in [1.807, 2.05) is 72.8 Å². The molecule has 10 heteroatoms. The van der Waals surface area contributed by atoms with E-state index in [4.69, 9.17) is 18.9 Å². The Kier molecular flexibility index (Phi) is 11.7. The number of hydrogen-bond acceptors (Lipinski definition) is 10. The van der Waals surface area contributed by atoms with E-state index in [9.17, 15) is 25.2 Å². The van der Waals surface area contributed by atoms with Crippen LogP contribution in [0.25, 0.3) is 28.0 Å². The van der Waals surface area contributed by atoms with Gasteiger partial charge >= 0.3 is 11.9 Å². The Hall–Kier alpha value is -6.78. The minimum absolute atomic E-state index is 0.0142. The van der Waals surface area contributed by atoms with Gasteiger partial charge in [-0.05, 0) is 160 Å². The van der Waals surface area contributed by atoms with E-state index in [0.717, 1.165) is 68.1 Å². The van der Waals surface area contributed by atoms with Gasteiger partial charge in [0.15, 0.2) is 23.0 Å². The molecule has 5 aliphatic rings. The summed E-state index contributed by atoms with van der Waals surface area (Å²) in [6.07, 6.45) is 7.01. The number of rotatable bonds is 9. The van der Waals surface area contributed by atoms with E-state index in [2.05, 4.69) is 30.4 Å². The van der Waals surface area contributed by atoms with E-state index in [-0.39, 0.29) is 59.2 Å². The molecule has 360 valence electrons. The number of esters is 2. The molecule has 4 N–H and O–H groups in total. The first kappa shape index (κ1) is 45.7. The summed E-state index contributed by atoms with van der Waals surface area (Å²) in [6.45, 7) is 1.43. The molecule has 0 radical (unpaired) electrons. The summed E-state index contributed by atoms with van der Waals surface area (Å²) in [4.78, 5) is 29.2. The van der Waals surface area contributed by atoms with Gasteiger partial charge in [-0.15, -0.1) is 0 Å². The minimum atomic E-state index is -0.960. The van der Waals surface area contributed by atoms with Crippen molar-refractivity contribution < 1.29 is 49.0 Å². The lowest BCUT2D eigenvalue weighted by Gasteiger charge is -2.64. The van der Waals surface area contributed by atoms with Crippen LogP contribution < -0.4 is 9.47 Å². The molecule has 0 bridgehead atoms. The quantitative estimate of drug-likeness (QED) is 0.103. The summed E-state index contributed by atoms with van der Waals surface area (Å²) < 4.78 is 25.1. The van der Waals surface area contributed by atoms with Gasteiger partial charge in [-0.2, -0.15) is 0 Å². The smallest absolute Gasteiger partial charge is 0.316 e. The predicted molar refractivity (Wildman–Crippen MR) is 267 cm³/mol. The molecule has 0 heterocycles. The number of ether oxygens (including phenoxy) is 4. The van der Waals surface area contributed by atoms with Crippen LogP contribution >= 0.6 is 0 Å². The first-order valence-corrected chi connectivity index (χ1v) is 24.8. The third-order valence-electron chi connectivity index (χ3n) is 17.1. The van der Waals surface area contributed by atoms with Crippen LogP contribution in [0, 0.1) is 23.2 Å². The third-order valence-corrected chi connectivity index (χ3v) is 17.1. The Bertz CT molecular complexity index is 3010. The van der Waals surface area contributed by atoms with Gasteiger partial charge in [0.1, 0.15) is 18.0 Å². The van der Waals surface area contributed by atoms with Gasteiger partial charge in [0, 0.05) is 24.7 Å². The highest BCUT2D eigenvalue weighted by Gasteiger charge is 2.65. The lowest BCUT2D eigenvalue weighted by atomic mass is 9.40. The second kappa shape index (κ2) is 17.9. The topological polar surface area (TPSA) is 152 Å². The molecule has 9 atom stereocenters. The van der Waals surface area contributed by atoms with Crippen molar-refractivity contribution in [1.82, 2.24) is 0 Å². The molecule has 6 aromatic rings. The number of methoxy groups -OCH3 is 2. The first-order chi connectivity index (χ1) is 33.9. The average molecular weight is 941 g/mol. The van der Waals surface area contributed by atoms with Crippen LogP contribution in [-0.4, -0.2) is 64.9 Å². The van der Waals surface area contributed by atoms with E-state index in [0.29, 0.717) is 50.0 Å². The summed E-state index contributed by atoms with van der Waals surface area (Å²) in [7, 11) is 3.07. The standard InChI is InChI=1S/C60H60O10/c1-34(61)69-54-30-42(70-58(66)59(19-10-11-20-59)40-17-16-37-22-41(62)28-44(43(37)27-40)36-14-8-5-9-15-36)29-47-45-32-56(68-3)52(64)25-38(45)23-48-51(63)33-49-46-31-53(65)55(67-2)26-39(46)24-50(54)60(49,57(47)48)21-18-35-12-6-4-7-13-35/h4-9,12-18,21-22,25-28,31-32,42,47-51,54,57,62-65H,10-11,19-20,23-24,29-30,33H2,1-3H3. The van der Waals surface area contributed by atoms with Crippen molar-refractivity contribution in [3.8, 4) is 39.9 Å². The van der Waals surface area contributed by atoms with Gasteiger partial charge in [-0.1, -0.05) is 97.8 Å². The van der Waals surface area contributed by atoms with Crippen LogP contribution in [0.2, 0.25) is 0 Å². The number of aliphatic hydroxyl groups is 1. The highest BCUT2D eigenvalue weighted by atomic mass is 16.6. The first-order valence-electron chi connectivity index (χ1n) is 24.8. The number of benzene rings is 6. The zero-order valence-corrected chi connectivity index (χ0v) is 39.8. The molecular weight excluding hydrogens is 881 g/mol. The van der Waals surface area contributed by atoms with Crippen LogP contribution in [0.3, 0.4) is 0 Å². The molecular formula is C60H60O10. The molecule has 0 spiro atoms. The fourth-order valence-electron chi connectivity index (χ4n) is 14.2. The van der Waals surface area contributed by atoms with Gasteiger partial charge in [0.2, 0.25) is 0 Å². The number of phenols is 3. The Balaban J connectivity index is 1.09. The number of fused-ring (bicyclic) bond motifs is 5. The number of allylic oxidation sites excluding steroid dienone is 1. The van der Waals surface area contributed by atoms with Crippen molar-refractivity contribution >= 4 is 28.8 Å². The molecule has 0 aromatic heterocycles. The minimum Gasteiger partial charge on any atom is -0.508 e. The van der Waals surface area contributed by atoms with E-state index < -0.39 is 35.1 Å². The maximum atomic E-state index is 15.6. The van der Waals surface area contributed by atoms with Crippen LogP contribution in [0.15, 0.2) is 121 Å². The summed E-state index contributed by atoms with van der Waals surface area (Å²) in [6, 6.07) is 37.1. The Labute approximate surface area is 408 Å². The van der Waals surface area contributed by atoms with Gasteiger partial charge in [0.25, 0.3) is 0 Å². The molecule has 5 aliphatic carbocycles. The summed E-state index contributed by atoms with van der Waals surface area (Å²) in [5.74, 6) is -1.52. The number of aromatic hydroxyl groups is 3. The summed E-state index contributed by atoms with van der Waals surface area (Å²) in [5.41, 5.74) is 5.69. The molecule has 9 unspecified atom stereocenters. The number of carbonyl (C=O) groups is 2. The number of hydrogen-bond donors (Lipinski definition) is 4. The maximum absolute atomic E-state index is 15.6. The normalized spacial score (nSPS) is 27.3. The molecule has 11 rings (SSSR count). The van der Waals surface area contributed by atoms with Crippen molar-refractivity contribution in [2.75, 3.05) is 14.2 Å². The molecule has 10 nitrogen and oxygen atoms in total. The molecule has 3 saturated carbocycles. The van der Waals surface area contributed by atoms with Crippen molar-refractivity contribution in [1.29, 1.82) is 0 Å². The Morgan fingerprint density at radius 2 is 1.41 bits per heavy atom. The monoisotopic (exact) mass is 940 g/mol. The van der Waals surface area contributed by atoms with Gasteiger partial charge in [-0.25, -0.2) is 0 Å². The lowest BCUT2D eigenvalue weighted by molar-refractivity contribution is -0.178. The predicted octanol–water partition coefficient (Wildman–Crippen LogP) is 11.1. The van der Waals surface area contributed by atoms with Crippen LogP contribution in [0.4, 0.5) is 0 Å². The largest absolute Gasteiger partial charge is 0.508 e. The zero-order chi connectivity index (χ0) is 48.5. The fraction of sp³-hybridized carbons (Fsp3) is 0.367. The van der Waals surface area contributed by atoms with Gasteiger partial charge in [0.05, 0.1) is 25.7 Å². The lowest BCUT2D eigenvalue weighted by Crippen LogP contribution is -2.62. The van der Waals surface area contributed by atoms with Crippen LogP contribution in [0.1, 0.15) is 97.1 Å². The number of aliphatic hydroxyl groups excluding tert-OH is 1. The van der Waals surface area contributed by atoms with Crippen molar-refractivity contribution in [3.05, 3.63) is 155 Å². The van der Waals surface area contributed by atoms with Gasteiger partial charge < -0.3 is 39.4 Å². The number of carbonyl (C=O) groups excluding carboxylic acids is 2. The van der Waals surface area contributed by atoms with Crippen LogP contribution in [-0.2, 0) is 37.3 Å². The molecule has 0 aliphatic heterocycles. The van der Waals surface area contributed by atoms with E-state index in [1.54, 1.807) is 24.3 Å². The van der Waals surface area contributed by atoms with Crippen molar-refractivity contribution in [2.45, 2.75) is 100 Å². The van der Waals surface area contributed by atoms with Crippen LogP contribution in [0.5, 0.6) is 28.7 Å². The zero-order valence-electron chi connectivity index (χ0n) is 39.8. The maximum Gasteiger partial charge on any atom is 0.316 e. The van der Waals surface area contributed by atoms with Crippen molar-refractivity contribution in [3.63, 3.8) is 0 Å². The van der Waals surface area contributed by atoms with Crippen molar-refractivity contribution in [2.24, 2.45) is 23.2 Å². The van der Waals surface area contributed by atoms with E-state index >= 15 is 4.79 Å². The second-order valence-electron chi connectivity index (χ2n) is 20.6. The average Bonchev–Trinajstić information content (AvgIpc) is 3.87. The third kappa shape index (κ3) is 7.57. The molecule has 0 saturated heterocycles. The molecule has 0 amide bonds. The Morgan fingerprint density at radius 1 is 0.714 bits per heavy atom.